The average molecular weight is 385 g/mol. The molecule has 0 aromatic heterocycles. The largest absolute Gasteiger partial charge is 0.355 e. The summed E-state index contributed by atoms with van der Waals surface area (Å²) in [7, 11) is -3.52. The molecule has 7 heteroatoms. The zero-order valence-corrected chi connectivity index (χ0v) is 16.1. The van der Waals surface area contributed by atoms with Gasteiger partial charge in [0.05, 0.1) is 12.8 Å². The minimum Gasteiger partial charge on any atom is -0.355 e. The summed E-state index contributed by atoms with van der Waals surface area (Å²) in [6.07, 6.45) is 8.83. The minimum atomic E-state index is -3.52. The number of nitrogens with zero attached hydrogens (tertiary/aromatic N) is 1. The van der Waals surface area contributed by atoms with Crippen LogP contribution in [0.15, 0.2) is 35.9 Å². The molecule has 0 spiro atoms. The quantitative estimate of drug-likeness (QED) is 0.700. The molecule has 1 N–H and O–H groups in total. The van der Waals surface area contributed by atoms with Gasteiger partial charge in [0.15, 0.2) is 0 Å². The van der Waals surface area contributed by atoms with Crippen molar-refractivity contribution in [3.63, 3.8) is 0 Å². The molecule has 0 bridgehead atoms. The van der Waals surface area contributed by atoms with Crippen LogP contribution < -0.4 is 5.32 Å². The number of benzene rings is 1. The van der Waals surface area contributed by atoms with Crippen molar-refractivity contribution in [3.05, 3.63) is 46.5 Å². The predicted molar refractivity (Wildman–Crippen MR) is 101 cm³/mol. The van der Waals surface area contributed by atoms with Crippen LogP contribution in [0.5, 0.6) is 0 Å². The number of nitrogens with one attached hydrogen (secondary N) is 1. The van der Waals surface area contributed by atoms with Crippen molar-refractivity contribution in [2.24, 2.45) is 0 Å². The summed E-state index contributed by atoms with van der Waals surface area (Å²) >= 11 is 6.10. The van der Waals surface area contributed by atoms with E-state index in [1.807, 2.05) is 0 Å². The summed E-state index contributed by atoms with van der Waals surface area (Å²) in [6.45, 7) is 0.411. The maximum atomic E-state index is 12.1. The molecule has 1 aromatic carbocycles. The Hall–Kier alpha value is -1.37. The van der Waals surface area contributed by atoms with Gasteiger partial charge in [-0.15, -0.1) is 0 Å². The van der Waals surface area contributed by atoms with Gasteiger partial charge in [-0.3, -0.25) is 4.79 Å². The van der Waals surface area contributed by atoms with Crippen molar-refractivity contribution in [1.29, 1.82) is 0 Å². The van der Waals surface area contributed by atoms with Gasteiger partial charge in [0.1, 0.15) is 0 Å². The number of amides is 1. The monoisotopic (exact) mass is 384 g/mol. The highest BCUT2D eigenvalue weighted by Gasteiger charge is 2.21. The molecule has 0 fully saturated rings. The molecule has 2 rings (SSSR count). The van der Waals surface area contributed by atoms with Crippen LogP contribution in [0.3, 0.4) is 0 Å². The number of hydrogen-bond donors (Lipinski definition) is 1. The Morgan fingerprint density at radius 2 is 2.04 bits per heavy atom. The van der Waals surface area contributed by atoms with Crippen LogP contribution >= 0.6 is 11.6 Å². The Balaban J connectivity index is 1.89. The van der Waals surface area contributed by atoms with Crippen molar-refractivity contribution in [1.82, 2.24) is 9.62 Å². The van der Waals surface area contributed by atoms with E-state index in [9.17, 15) is 13.2 Å². The number of carbonyl (C=O) groups is 1. The normalized spacial score (nSPS) is 15.1. The zero-order chi connectivity index (χ0) is 18.3. The molecule has 1 aliphatic carbocycles. The van der Waals surface area contributed by atoms with Crippen LogP contribution in [0.2, 0.25) is 5.02 Å². The lowest BCUT2D eigenvalue weighted by molar-refractivity contribution is -0.121. The van der Waals surface area contributed by atoms with Crippen LogP contribution in [0, 0.1) is 0 Å². The number of sulfonamides is 1. The standard InChI is InChI=1S/C18H25ClN2O3S/c1-25(23,24)21(13-16-9-5-6-10-17(16)19)14-18(22)20-12-11-15-7-3-2-4-8-15/h5-7,9-10H,2-4,8,11-14H2,1H3,(H,20,22). The Morgan fingerprint density at radius 3 is 2.68 bits per heavy atom. The summed E-state index contributed by atoms with van der Waals surface area (Å²) in [4.78, 5) is 12.1. The van der Waals surface area contributed by atoms with Crippen LogP contribution in [0.25, 0.3) is 0 Å². The third-order valence-electron chi connectivity index (χ3n) is 4.25. The van der Waals surface area contributed by atoms with Crippen LogP contribution in [0.1, 0.15) is 37.7 Å². The number of halogens is 1. The van der Waals surface area contributed by atoms with E-state index in [1.54, 1.807) is 24.3 Å². The molecule has 1 aliphatic rings. The molecule has 0 radical (unpaired) electrons. The molecule has 0 aliphatic heterocycles. The van der Waals surface area contributed by atoms with Crippen molar-refractivity contribution >= 4 is 27.5 Å². The van der Waals surface area contributed by atoms with E-state index < -0.39 is 10.0 Å². The molecule has 0 unspecified atom stereocenters. The molecular weight excluding hydrogens is 360 g/mol. The minimum absolute atomic E-state index is 0.0804. The van der Waals surface area contributed by atoms with Gasteiger partial charge in [0, 0.05) is 18.1 Å². The molecule has 0 saturated heterocycles. The lowest BCUT2D eigenvalue weighted by atomic mass is 9.97. The number of carbonyl (C=O) groups excluding carboxylic acids is 1. The highest BCUT2D eigenvalue weighted by molar-refractivity contribution is 7.88. The summed E-state index contributed by atoms with van der Waals surface area (Å²) in [5, 5.41) is 3.30. The molecule has 0 atom stereocenters. The molecule has 0 saturated carbocycles. The topological polar surface area (TPSA) is 66.5 Å². The third kappa shape index (κ3) is 6.80. The van der Waals surface area contributed by atoms with E-state index >= 15 is 0 Å². The van der Waals surface area contributed by atoms with E-state index in [0.29, 0.717) is 17.1 Å². The zero-order valence-electron chi connectivity index (χ0n) is 14.5. The number of rotatable bonds is 8. The molecule has 25 heavy (non-hydrogen) atoms. The lowest BCUT2D eigenvalue weighted by Gasteiger charge is -2.20. The lowest BCUT2D eigenvalue weighted by Crippen LogP contribution is -2.40. The Kier molecular flexibility index (Phi) is 7.47. The maximum Gasteiger partial charge on any atom is 0.235 e. The Morgan fingerprint density at radius 1 is 1.28 bits per heavy atom. The summed E-state index contributed by atoms with van der Waals surface area (Å²) < 4.78 is 25.1. The summed E-state index contributed by atoms with van der Waals surface area (Å²) in [5.41, 5.74) is 2.05. The van der Waals surface area contributed by atoms with Gasteiger partial charge >= 0.3 is 0 Å². The fourth-order valence-electron chi connectivity index (χ4n) is 2.82. The maximum absolute atomic E-state index is 12.1. The average Bonchev–Trinajstić information content (AvgIpc) is 2.56. The molecule has 5 nitrogen and oxygen atoms in total. The Labute approximate surface area is 155 Å². The number of hydrogen-bond acceptors (Lipinski definition) is 3. The highest BCUT2D eigenvalue weighted by atomic mass is 35.5. The van der Waals surface area contributed by atoms with Crippen LogP contribution in [-0.2, 0) is 21.4 Å². The second kappa shape index (κ2) is 9.36. The van der Waals surface area contributed by atoms with Gasteiger partial charge in [-0.1, -0.05) is 41.4 Å². The van der Waals surface area contributed by atoms with Gasteiger partial charge in [-0.2, -0.15) is 4.31 Å². The fraction of sp³-hybridized carbons (Fsp3) is 0.500. The van der Waals surface area contributed by atoms with Crippen molar-refractivity contribution in [2.75, 3.05) is 19.3 Å². The first-order valence-electron chi connectivity index (χ1n) is 8.49. The SMILES string of the molecule is CS(=O)(=O)N(CC(=O)NCCC1=CCCCC1)Cc1ccccc1Cl. The van der Waals surface area contributed by atoms with Gasteiger partial charge in [-0.05, 0) is 43.7 Å². The second-order valence-electron chi connectivity index (χ2n) is 6.33. The third-order valence-corrected chi connectivity index (χ3v) is 5.81. The highest BCUT2D eigenvalue weighted by Crippen LogP contribution is 2.20. The van der Waals surface area contributed by atoms with Crippen molar-refractivity contribution in [3.8, 4) is 0 Å². The molecule has 1 amide bonds. The van der Waals surface area contributed by atoms with E-state index in [4.69, 9.17) is 11.6 Å². The number of allylic oxidation sites excluding steroid dienone is 1. The first-order valence-corrected chi connectivity index (χ1v) is 10.7. The molecular formula is C18H25ClN2O3S. The van der Waals surface area contributed by atoms with Crippen molar-refractivity contribution in [2.45, 2.75) is 38.6 Å². The first-order chi connectivity index (χ1) is 11.9. The second-order valence-corrected chi connectivity index (χ2v) is 8.72. The van der Waals surface area contributed by atoms with E-state index in [-0.39, 0.29) is 19.0 Å². The fourth-order valence-corrected chi connectivity index (χ4v) is 3.74. The van der Waals surface area contributed by atoms with E-state index in [2.05, 4.69) is 11.4 Å². The van der Waals surface area contributed by atoms with Gasteiger partial charge in [0.2, 0.25) is 15.9 Å². The molecule has 138 valence electrons. The van der Waals surface area contributed by atoms with E-state index in [1.165, 1.54) is 18.4 Å². The van der Waals surface area contributed by atoms with Crippen LogP contribution in [-0.4, -0.2) is 38.0 Å². The Bertz CT molecular complexity index is 732. The summed E-state index contributed by atoms with van der Waals surface area (Å²) in [6, 6.07) is 7.03. The van der Waals surface area contributed by atoms with Gasteiger partial charge < -0.3 is 5.32 Å². The smallest absolute Gasteiger partial charge is 0.235 e. The summed E-state index contributed by atoms with van der Waals surface area (Å²) in [5.74, 6) is -0.297. The first kappa shape index (κ1) is 19.9. The molecule has 1 aromatic rings. The molecule has 0 heterocycles. The van der Waals surface area contributed by atoms with Gasteiger partial charge in [-0.25, -0.2) is 8.42 Å². The van der Waals surface area contributed by atoms with Crippen molar-refractivity contribution < 1.29 is 13.2 Å². The predicted octanol–water partition coefficient (Wildman–Crippen LogP) is 3.11. The van der Waals surface area contributed by atoms with E-state index in [0.717, 1.165) is 29.8 Å². The van der Waals surface area contributed by atoms with Crippen LogP contribution in [0.4, 0.5) is 0 Å². The van der Waals surface area contributed by atoms with Gasteiger partial charge in [0.25, 0.3) is 0 Å².